The number of esters is 2. The van der Waals surface area contributed by atoms with E-state index in [2.05, 4.69) is 9.47 Å². The largest absolute Gasteiger partial charge is 0.465 e. The quantitative estimate of drug-likeness (QED) is 0.639. The Bertz CT molecular complexity index is 361. The van der Waals surface area contributed by atoms with E-state index in [4.69, 9.17) is 0 Å². The van der Waals surface area contributed by atoms with E-state index in [0.29, 0.717) is 6.42 Å². The molecule has 1 aliphatic carbocycles. The average molecular weight is 208 g/mol. The lowest BCUT2D eigenvalue weighted by Crippen LogP contribution is -2.14. The molecule has 0 radical (unpaired) electrons. The molecule has 0 N–H and O–H groups in total. The summed E-state index contributed by atoms with van der Waals surface area (Å²) in [4.78, 5) is 22.8. The summed E-state index contributed by atoms with van der Waals surface area (Å²) in [7, 11) is 2.54. The lowest BCUT2D eigenvalue weighted by Gasteiger charge is -2.06. The maximum Gasteiger partial charge on any atom is 0.338 e. The van der Waals surface area contributed by atoms with Crippen molar-refractivity contribution in [1.29, 1.82) is 0 Å². The van der Waals surface area contributed by atoms with Crippen LogP contribution >= 0.6 is 0 Å². The highest BCUT2D eigenvalue weighted by molar-refractivity contribution is 6.07. The lowest BCUT2D eigenvalue weighted by atomic mass is 10.1. The van der Waals surface area contributed by atoms with Crippen LogP contribution in [0.5, 0.6) is 0 Å². The number of hydrogen-bond donors (Lipinski definition) is 0. The van der Waals surface area contributed by atoms with Crippen molar-refractivity contribution in [3.8, 4) is 0 Å². The third-order valence-electron chi connectivity index (χ3n) is 1.96. The van der Waals surface area contributed by atoms with Crippen LogP contribution in [0, 0.1) is 0 Å². The molecule has 0 aromatic heterocycles. The van der Waals surface area contributed by atoms with Crippen LogP contribution in [0.3, 0.4) is 0 Å². The first kappa shape index (κ1) is 11.2. The van der Waals surface area contributed by atoms with Gasteiger partial charge in [-0.25, -0.2) is 9.59 Å². The van der Waals surface area contributed by atoms with Crippen LogP contribution in [0.15, 0.2) is 35.5 Å². The van der Waals surface area contributed by atoms with Crippen LogP contribution in [-0.4, -0.2) is 26.2 Å². The molecule has 4 nitrogen and oxygen atoms in total. The highest BCUT2D eigenvalue weighted by Gasteiger charge is 2.21. The number of carbonyl (C=O) groups is 2. The van der Waals surface area contributed by atoms with Gasteiger partial charge in [0.15, 0.2) is 0 Å². The zero-order chi connectivity index (χ0) is 11.3. The molecule has 1 aliphatic rings. The van der Waals surface area contributed by atoms with E-state index in [1.54, 1.807) is 18.2 Å². The van der Waals surface area contributed by atoms with Crippen molar-refractivity contribution in [1.82, 2.24) is 0 Å². The van der Waals surface area contributed by atoms with Gasteiger partial charge in [0.2, 0.25) is 0 Å². The van der Waals surface area contributed by atoms with E-state index in [9.17, 15) is 9.59 Å². The van der Waals surface area contributed by atoms with Crippen LogP contribution in [0.1, 0.15) is 6.42 Å². The van der Waals surface area contributed by atoms with Crippen molar-refractivity contribution in [2.75, 3.05) is 14.2 Å². The van der Waals surface area contributed by atoms with E-state index < -0.39 is 11.9 Å². The molecule has 0 spiro atoms. The van der Waals surface area contributed by atoms with E-state index in [1.807, 2.05) is 6.08 Å². The number of ether oxygens (including phenoxy) is 2. The summed E-state index contributed by atoms with van der Waals surface area (Å²) in [6.45, 7) is 0. The second-order valence-corrected chi connectivity index (χ2v) is 2.85. The van der Waals surface area contributed by atoms with Gasteiger partial charge in [-0.2, -0.15) is 0 Å². The molecule has 0 heterocycles. The molecule has 0 aromatic carbocycles. The number of rotatable bonds is 2. The Hall–Kier alpha value is -1.84. The van der Waals surface area contributed by atoms with Gasteiger partial charge in [0, 0.05) is 0 Å². The molecule has 80 valence electrons. The number of hydrogen-bond acceptors (Lipinski definition) is 4. The predicted octanol–water partition coefficient (Wildman–Crippen LogP) is 1.15. The topological polar surface area (TPSA) is 52.6 Å². The monoisotopic (exact) mass is 208 g/mol. The summed E-state index contributed by atoms with van der Waals surface area (Å²) in [5.41, 5.74) is 0.465. The number of methoxy groups -OCH3 is 2. The molecule has 0 amide bonds. The fourth-order valence-electron chi connectivity index (χ4n) is 1.22. The molecule has 0 aromatic rings. The van der Waals surface area contributed by atoms with Crippen molar-refractivity contribution in [2.45, 2.75) is 6.42 Å². The molecular formula is C11H12O4. The Balaban J connectivity index is 3.06. The van der Waals surface area contributed by atoms with Crippen molar-refractivity contribution in [3.63, 3.8) is 0 Å². The Morgan fingerprint density at radius 3 is 2.33 bits per heavy atom. The first-order valence-electron chi connectivity index (χ1n) is 4.44. The van der Waals surface area contributed by atoms with E-state index in [0.717, 1.165) is 0 Å². The molecule has 1 rings (SSSR count). The first-order valence-corrected chi connectivity index (χ1v) is 4.44. The Morgan fingerprint density at radius 2 is 1.73 bits per heavy atom. The summed E-state index contributed by atoms with van der Waals surface area (Å²) < 4.78 is 9.17. The third-order valence-corrected chi connectivity index (χ3v) is 1.96. The van der Waals surface area contributed by atoms with Crippen molar-refractivity contribution < 1.29 is 19.1 Å². The zero-order valence-corrected chi connectivity index (χ0v) is 8.65. The SMILES string of the molecule is COC(=O)C1=CC=CCC=C1C(=O)OC. The van der Waals surface area contributed by atoms with Gasteiger partial charge in [0.05, 0.1) is 25.4 Å². The van der Waals surface area contributed by atoms with Crippen LogP contribution in [0.2, 0.25) is 0 Å². The van der Waals surface area contributed by atoms with E-state index in [-0.39, 0.29) is 11.1 Å². The van der Waals surface area contributed by atoms with Crippen LogP contribution in [0.4, 0.5) is 0 Å². The Labute approximate surface area is 87.9 Å². The van der Waals surface area contributed by atoms with Gasteiger partial charge in [0.1, 0.15) is 0 Å². The highest BCUT2D eigenvalue weighted by Crippen LogP contribution is 2.17. The van der Waals surface area contributed by atoms with Crippen LogP contribution in [-0.2, 0) is 19.1 Å². The smallest absolute Gasteiger partial charge is 0.338 e. The van der Waals surface area contributed by atoms with Crippen molar-refractivity contribution in [3.05, 3.63) is 35.5 Å². The molecular weight excluding hydrogens is 196 g/mol. The molecule has 0 unspecified atom stereocenters. The van der Waals surface area contributed by atoms with E-state index >= 15 is 0 Å². The van der Waals surface area contributed by atoms with Gasteiger partial charge < -0.3 is 9.47 Å². The fraction of sp³-hybridized carbons (Fsp3) is 0.273. The van der Waals surface area contributed by atoms with Gasteiger partial charge in [-0.3, -0.25) is 0 Å². The first-order chi connectivity index (χ1) is 7.20. The molecule has 0 atom stereocenters. The molecule has 15 heavy (non-hydrogen) atoms. The second kappa shape index (κ2) is 5.14. The summed E-state index contributed by atoms with van der Waals surface area (Å²) in [5, 5.41) is 0. The lowest BCUT2D eigenvalue weighted by molar-refractivity contribution is -0.139. The minimum atomic E-state index is -0.543. The van der Waals surface area contributed by atoms with Gasteiger partial charge in [-0.05, 0) is 12.5 Å². The normalized spacial score (nSPS) is 14.8. The van der Waals surface area contributed by atoms with Gasteiger partial charge in [-0.1, -0.05) is 18.2 Å². The van der Waals surface area contributed by atoms with E-state index in [1.165, 1.54) is 14.2 Å². The average Bonchev–Trinajstić information content (AvgIpc) is 2.52. The highest BCUT2D eigenvalue weighted by atomic mass is 16.5. The van der Waals surface area contributed by atoms with Crippen LogP contribution in [0.25, 0.3) is 0 Å². The van der Waals surface area contributed by atoms with Gasteiger partial charge in [-0.15, -0.1) is 0 Å². The zero-order valence-electron chi connectivity index (χ0n) is 8.65. The van der Waals surface area contributed by atoms with Crippen molar-refractivity contribution in [2.24, 2.45) is 0 Å². The number of allylic oxidation sites excluding steroid dienone is 4. The third kappa shape index (κ3) is 2.56. The predicted molar refractivity (Wildman–Crippen MR) is 54.0 cm³/mol. The Kier molecular flexibility index (Phi) is 3.85. The van der Waals surface area contributed by atoms with Gasteiger partial charge in [0.25, 0.3) is 0 Å². The summed E-state index contributed by atoms with van der Waals surface area (Å²) in [5.74, 6) is -1.08. The molecule has 0 aliphatic heterocycles. The summed E-state index contributed by atoms with van der Waals surface area (Å²) in [6, 6.07) is 0. The van der Waals surface area contributed by atoms with Crippen LogP contribution < -0.4 is 0 Å². The maximum absolute atomic E-state index is 11.4. The minimum Gasteiger partial charge on any atom is -0.465 e. The van der Waals surface area contributed by atoms with Crippen molar-refractivity contribution >= 4 is 11.9 Å². The second-order valence-electron chi connectivity index (χ2n) is 2.85. The molecule has 0 saturated heterocycles. The Morgan fingerprint density at radius 1 is 1.13 bits per heavy atom. The minimum absolute atomic E-state index is 0.220. The summed E-state index contributed by atoms with van der Waals surface area (Å²) in [6.07, 6.45) is 7.30. The molecule has 0 saturated carbocycles. The van der Waals surface area contributed by atoms with Gasteiger partial charge >= 0.3 is 11.9 Å². The molecule has 0 fully saturated rings. The summed E-state index contributed by atoms with van der Waals surface area (Å²) >= 11 is 0. The fourth-order valence-corrected chi connectivity index (χ4v) is 1.22. The maximum atomic E-state index is 11.4. The standard InChI is InChI=1S/C11H12O4/c1-14-10(12)8-6-4-3-5-7-9(8)11(13)15-2/h3-4,6-7H,5H2,1-2H3. The molecule has 4 heteroatoms. The molecule has 0 bridgehead atoms. The number of carbonyl (C=O) groups excluding carboxylic acids is 2.